The minimum Gasteiger partial charge on any atom is -0.383 e. The maximum Gasteiger partial charge on any atom is 0.191 e. The van der Waals surface area contributed by atoms with Crippen LogP contribution in [0, 0.1) is 0 Å². The van der Waals surface area contributed by atoms with Crippen molar-refractivity contribution < 1.29 is 4.74 Å². The van der Waals surface area contributed by atoms with Gasteiger partial charge in [-0.2, -0.15) is 0 Å². The molecule has 1 atom stereocenters. The monoisotopic (exact) mass is 257 g/mol. The number of nitrogen functional groups attached to an aromatic ring is 1. The van der Waals surface area contributed by atoms with Crippen LogP contribution in [0.4, 0.5) is 11.6 Å². The van der Waals surface area contributed by atoms with Crippen LogP contribution in [-0.2, 0) is 4.74 Å². The number of anilines is 2. The maximum atomic E-state index is 5.38. The van der Waals surface area contributed by atoms with Gasteiger partial charge in [0, 0.05) is 20.2 Å². The second-order valence-corrected chi connectivity index (χ2v) is 4.43. The fourth-order valence-corrected chi connectivity index (χ4v) is 1.71. The van der Waals surface area contributed by atoms with Crippen LogP contribution in [0.25, 0.3) is 0 Å². The highest BCUT2D eigenvalue weighted by molar-refractivity contribution is 7.98. The van der Waals surface area contributed by atoms with Gasteiger partial charge in [0.1, 0.15) is 11.6 Å². The Balaban J connectivity index is 2.95. The number of aromatic nitrogens is 2. The van der Waals surface area contributed by atoms with Crippen molar-refractivity contribution in [1.29, 1.82) is 0 Å². The third kappa shape index (κ3) is 3.72. The van der Waals surface area contributed by atoms with E-state index in [-0.39, 0.29) is 6.04 Å². The summed E-state index contributed by atoms with van der Waals surface area (Å²) >= 11 is 1.48. The van der Waals surface area contributed by atoms with E-state index in [0.717, 1.165) is 5.82 Å². The topological polar surface area (TPSA) is 76.3 Å². The van der Waals surface area contributed by atoms with Crippen LogP contribution in [-0.4, -0.2) is 43.0 Å². The van der Waals surface area contributed by atoms with Crippen LogP contribution in [0.15, 0.2) is 11.2 Å². The van der Waals surface area contributed by atoms with Crippen molar-refractivity contribution in [3.05, 3.63) is 6.07 Å². The summed E-state index contributed by atoms with van der Waals surface area (Å²) in [4.78, 5) is 10.7. The zero-order chi connectivity index (χ0) is 12.8. The zero-order valence-corrected chi connectivity index (χ0v) is 11.4. The van der Waals surface area contributed by atoms with Crippen LogP contribution < -0.4 is 16.2 Å². The molecular formula is C10H19N5OS. The Hall–Kier alpha value is -1.05. The number of rotatable bonds is 6. The second kappa shape index (κ2) is 6.63. The molecule has 0 spiro atoms. The number of ether oxygens (including phenoxy) is 1. The normalized spacial score (nSPS) is 12.3. The Morgan fingerprint density at radius 2 is 2.29 bits per heavy atom. The van der Waals surface area contributed by atoms with Crippen LogP contribution in [0.5, 0.6) is 0 Å². The molecule has 0 aliphatic carbocycles. The smallest absolute Gasteiger partial charge is 0.191 e. The summed E-state index contributed by atoms with van der Waals surface area (Å²) in [6, 6.07) is 2.04. The fraction of sp³-hybridized carbons (Fsp3) is 0.600. The third-order valence-corrected chi connectivity index (χ3v) is 3.00. The van der Waals surface area contributed by atoms with E-state index < -0.39 is 0 Å². The number of hydrogen-bond donors (Lipinski definition) is 2. The number of hydrogen-bond acceptors (Lipinski definition) is 7. The van der Waals surface area contributed by atoms with E-state index in [9.17, 15) is 0 Å². The molecule has 0 saturated heterocycles. The van der Waals surface area contributed by atoms with E-state index in [1.165, 1.54) is 11.8 Å². The van der Waals surface area contributed by atoms with Gasteiger partial charge in [-0.1, -0.05) is 11.8 Å². The molecule has 0 bridgehead atoms. The Morgan fingerprint density at radius 1 is 1.59 bits per heavy atom. The minimum absolute atomic E-state index is 0.232. The first kappa shape index (κ1) is 14.0. The van der Waals surface area contributed by atoms with Crippen LogP contribution in [0.2, 0.25) is 0 Å². The summed E-state index contributed by atoms with van der Waals surface area (Å²) in [7, 11) is 3.65. The van der Waals surface area contributed by atoms with E-state index >= 15 is 0 Å². The van der Waals surface area contributed by atoms with Gasteiger partial charge in [0.25, 0.3) is 0 Å². The van der Waals surface area contributed by atoms with Crippen molar-refractivity contribution in [2.45, 2.75) is 18.1 Å². The molecule has 17 heavy (non-hydrogen) atoms. The van der Waals surface area contributed by atoms with Gasteiger partial charge in [0.05, 0.1) is 12.6 Å². The highest BCUT2D eigenvalue weighted by Crippen LogP contribution is 2.20. The first-order valence-corrected chi connectivity index (χ1v) is 6.46. The van der Waals surface area contributed by atoms with E-state index in [0.29, 0.717) is 17.6 Å². The molecule has 1 aromatic rings. The van der Waals surface area contributed by atoms with Gasteiger partial charge in [0.15, 0.2) is 5.16 Å². The van der Waals surface area contributed by atoms with Gasteiger partial charge in [-0.15, -0.1) is 0 Å². The van der Waals surface area contributed by atoms with Crippen molar-refractivity contribution >= 4 is 23.4 Å². The Labute approximate surface area is 106 Å². The molecule has 0 radical (unpaired) electrons. The lowest BCUT2D eigenvalue weighted by atomic mass is 10.3. The molecule has 0 aromatic carbocycles. The number of nitrogens with zero attached hydrogens (tertiary/aromatic N) is 3. The molecule has 0 fully saturated rings. The molecule has 1 unspecified atom stereocenters. The van der Waals surface area contributed by atoms with Crippen molar-refractivity contribution in [2.24, 2.45) is 5.84 Å². The Bertz CT molecular complexity index is 340. The molecule has 0 amide bonds. The van der Waals surface area contributed by atoms with Crippen LogP contribution in [0.1, 0.15) is 6.92 Å². The number of likely N-dealkylation sites (N-methyl/N-ethyl adjacent to an activating group) is 1. The third-order valence-electron chi connectivity index (χ3n) is 2.45. The summed E-state index contributed by atoms with van der Waals surface area (Å²) in [5.74, 6) is 6.81. The molecule has 1 heterocycles. The van der Waals surface area contributed by atoms with E-state index in [1.54, 1.807) is 7.11 Å². The van der Waals surface area contributed by atoms with E-state index in [1.807, 2.05) is 24.3 Å². The van der Waals surface area contributed by atoms with Gasteiger partial charge >= 0.3 is 0 Å². The lowest BCUT2D eigenvalue weighted by Gasteiger charge is -2.25. The van der Waals surface area contributed by atoms with Gasteiger partial charge in [0.2, 0.25) is 0 Å². The SMILES string of the molecule is COCC(C)N(C)c1cc(NN)nc(SC)n1. The quantitative estimate of drug-likeness (QED) is 0.340. The summed E-state index contributed by atoms with van der Waals surface area (Å²) in [5, 5.41) is 0.687. The lowest BCUT2D eigenvalue weighted by molar-refractivity contribution is 0.183. The Kier molecular flexibility index (Phi) is 5.46. The molecule has 0 aliphatic rings. The summed E-state index contributed by atoms with van der Waals surface area (Å²) in [6.07, 6.45) is 1.93. The molecule has 1 rings (SSSR count). The zero-order valence-electron chi connectivity index (χ0n) is 10.6. The van der Waals surface area contributed by atoms with Gasteiger partial charge < -0.3 is 15.1 Å². The predicted octanol–water partition coefficient (Wildman–Crippen LogP) is 0.955. The summed E-state index contributed by atoms with van der Waals surface area (Å²) in [6.45, 7) is 2.71. The molecular weight excluding hydrogens is 238 g/mol. The molecule has 6 nitrogen and oxygen atoms in total. The summed E-state index contributed by atoms with van der Waals surface area (Å²) < 4.78 is 5.13. The van der Waals surface area contributed by atoms with E-state index in [2.05, 4.69) is 22.3 Å². The van der Waals surface area contributed by atoms with Crippen molar-refractivity contribution in [2.75, 3.05) is 37.3 Å². The first-order chi connectivity index (χ1) is 8.12. The molecule has 96 valence electrons. The van der Waals surface area contributed by atoms with Crippen molar-refractivity contribution in [3.63, 3.8) is 0 Å². The standard InChI is InChI=1S/C10H19N5OS/c1-7(6-16-3)15(2)9-5-8(14-11)12-10(13-9)17-4/h5,7H,6,11H2,1-4H3,(H,12,13,14). The number of nitrogens with two attached hydrogens (primary N) is 1. The molecule has 3 N–H and O–H groups in total. The second-order valence-electron chi connectivity index (χ2n) is 3.66. The minimum atomic E-state index is 0.232. The molecule has 0 aliphatic heterocycles. The van der Waals surface area contributed by atoms with E-state index in [4.69, 9.17) is 10.6 Å². The lowest BCUT2D eigenvalue weighted by Crippen LogP contribution is -2.33. The first-order valence-electron chi connectivity index (χ1n) is 5.23. The number of thioether (sulfide) groups is 1. The molecule has 1 aromatic heterocycles. The van der Waals surface area contributed by atoms with Crippen molar-refractivity contribution in [1.82, 2.24) is 9.97 Å². The average molecular weight is 257 g/mol. The highest BCUT2D eigenvalue weighted by atomic mass is 32.2. The number of nitrogens with one attached hydrogen (secondary N) is 1. The number of methoxy groups -OCH3 is 1. The number of hydrazine groups is 1. The largest absolute Gasteiger partial charge is 0.383 e. The highest BCUT2D eigenvalue weighted by Gasteiger charge is 2.13. The predicted molar refractivity (Wildman–Crippen MR) is 71.4 cm³/mol. The molecule has 7 heteroatoms. The molecule has 0 saturated carbocycles. The van der Waals surface area contributed by atoms with Gasteiger partial charge in [-0.25, -0.2) is 15.8 Å². The maximum absolute atomic E-state index is 5.38. The average Bonchev–Trinajstić information content (AvgIpc) is 2.37. The van der Waals surface area contributed by atoms with Crippen LogP contribution in [0.3, 0.4) is 0 Å². The van der Waals surface area contributed by atoms with Gasteiger partial charge in [-0.3, -0.25) is 0 Å². The van der Waals surface area contributed by atoms with Crippen molar-refractivity contribution in [3.8, 4) is 0 Å². The fourth-order valence-electron chi connectivity index (χ4n) is 1.34. The Morgan fingerprint density at radius 3 is 2.82 bits per heavy atom. The van der Waals surface area contributed by atoms with Gasteiger partial charge in [-0.05, 0) is 13.2 Å². The summed E-state index contributed by atoms with van der Waals surface area (Å²) in [5.41, 5.74) is 2.55. The van der Waals surface area contributed by atoms with Crippen LogP contribution >= 0.6 is 11.8 Å².